The van der Waals surface area contributed by atoms with Crippen molar-refractivity contribution in [3.8, 4) is 0 Å². The van der Waals surface area contributed by atoms with E-state index in [1.807, 2.05) is 6.92 Å². The first kappa shape index (κ1) is 8.54. The second-order valence-corrected chi connectivity index (χ2v) is 2.90. The van der Waals surface area contributed by atoms with Crippen molar-refractivity contribution in [1.82, 2.24) is 0 Å². The normalized spacial score (nSPS) is 18.0. The van der Waals surface area contributed by atoms with Crippen LogP contribution < -0.4 is 0 Å². The third-order valence-electron chi connectivity index (χ3n) is 0.824. The van der Waals surface area contributed by atoms with Gasteiger partial charge in [-0.1, -0.05) is 0 Å². The molecule has 3 heteroatoms. The first-order valence-corrected chi connectivity index (χ1v) is 3.33. The molecule has 2 atom stereocenters. The Balaban J connectivity index is 3.17. The van der Waals surface area contributed by atoms with Crippen LogP contribution in [0.25, 0.3) is 0 Å². The first-order chi connectivity index (χ1) is 3.68. The average molecular weight is 157 g/mol. The highest BCUT2D eigenvalue weighted by Crippen LogP contribution is 2.08. The van der Waals surface area contributed by atoms with E-state index in [2.05, 4.69) is 0 Å². The Morgan fingerprint density at radius 2 is 2.00 bits per heavy atom. The van der Waals surface area contributed by atoms with E-state index < -0.39 is 0 Å². The highest BCUT2D eigenvalue weighted by molar-refractivity contribution is 6.29. The molecule has 0 N–H and O–H groups in total. The molecule has 50 valence electrons. The lowest BCUT2D eigenvalue weighted by Gasteiger charge is -2.08. The summed E-state index contributed by atoms with van der Waals surface area (Å²) in [6.45, 7) is 2.37. The van der Waals surface area contributed by atoms with E-state index in [0.29, 0.717) is 6.61 Å². The van der Waals surface area contributed by atoms with Gasteiger partial charge in [-0.3, -0.25) is 0 Å². The Hall–Kier alpha value is 0.540. The fourth-order valence-corrected chi connectivity index (χ4v) is 0.491. The summed E-state index contributed by atoms with van der Waals surface area (Å²) in [6.07, 6.45) is 0. The topological polar surface area (TPSA) is 9.23 Å². The van der Waals surface area contributed by atoms with E-state index in [4.69, 9.17) is 27.9 Å². The number of rotatable bonds is 3. The van der Waals surface area contributed by atoms with Gasteiger partial charge >= 0.3 is 0 Å². The van der Waals surface area contributed by atoms with Crippen LogP contribution in [0.2, 0.25) is 0 Å². The lowest BCUT2D eigenvalue weighted by atomic mass is 10.3. The van der Waals surface area contributed by atoms with Crippen LogP contribution in [0.15, 0.2) is 0 Å². The molecule has 0 fully saturated rings. The number of hydrogen-bond donors (Lipinski definition) is 0. The van der Waals surface area contributed by atoms with Crippen LogP contribution in [-0.4, -0.2) is 24.5 Å². The molecule has 0 spiro atoms. The smallest absolute Gasteiger partial charge is 0.0730 e. The zero-order valence-corrected chi connectivity index (χ0v) is 6.54. The Morgan fingerprint density at radius 3 is 2.12 bits per heavy atom. The van der Waals surface area contributed by atoms with E-state index in [1.54, 1.807) is 7.11 Å². The summed E-state index contributed by atoms with van der Waals surface area (Å²) in [5, 5.41) is -0.0849. The molecule has 0 aromatic heterocycles. The quantitative estimate of drug-likeness (QED) is 0.568. The molecule has 0 saturated heterocycles. The monoisotopic (exact) mass is 156 g/mol. The van der Waals surface area contributed by atoms with Crippen LogP contribution in [0.3, 0.4) is 0 Å². The molecule has 0 bridgehead atoms. The summed E-state index contributed by atoms with van der Waals surface area (Å²) in [7, 11) is 1.61. The van der Waals surface area contributed by atoms with Gasteiger partial charge in [0.2, 0.25) is 0 Å². The predicted molar refractivity (Wildman–Crippen MR) is 36.8 cm³/mol. The van der Waals surface area contributed by atoms with E-state index in [0.717, 1.165) is 0 Å². The molecule has 0 amide bonds. The van der Waals surface area contributed by atoms with Crippen molar-refractivity contribution in [2.75, 3.05) is 13.7 Å². The summed E-state index contributed by atoms with van der Waals surface area (Å²) >= 11 is 11.3. The lowest BCUT2D eigenvalue weighted by molar-refractivity contribution is 0.197. The summed E-state index contributed by atoms with van der Waals surface area (Å²) in [5.41, 5.74) is 0. The number of halogens is 2. The Kier molecular flexibility index (Phi) is 4.72. The van der Waals surface area contributed by atoms with E-state index >= 15 is 0 Å². The Morgan fingerprint density at radius 1 is 1.50 bits per heavy atom. The molecule has 0 saturated carbocycles. The van der Waals surface area contributed by atoms with Crippen molar-refractivity contribution in [2.24, 2.45) is 0 Å². The van der Waals surface area contributed by atoms with Crippen molar-refractivity contribution in [3.05, 3.63) is 0 Å². The highest BCUT2D eigenvalue weighted by atomic mass is 35.5. The maximum Gasteiger partial charge on any atom is 0.0730 e. The number of alkyl halides is 2. The third kappa shape index (κ3) is 3.53. The lowest BCUT2D eigenvalue weighted by Crippen LogP contribution is -2.16. The summed E-state index contributed by atoms with van der Waals surface area (Å²) in [5.74, 6) is 0. The summed E-state index contributed by atoms with van der Waals surface area (Å²) in [6, 6.07) is 0. The van der Waals surface area contributed by atoms with Crippen LogP contribution in [0.5, 0.6) is 0 Å². The van der Waals surface area contributed by atoms with Crippen molar-refractivity contribution < 1.29 is 4.74 Å². The van der Waals surface area contributed by atoms with Gasteiger partial charge in [-0.25, -0.2) is 0 Å². The van der Waals surface area contributed by atoms with Gasteiger partial charge in [-0.05, 0) is 6.92 Å². The second-order valence-electron chi connectivity index (χ2n) is 1.65. The van der Waals surface area contributed by atoms with Gasteiger partial charge in [0.15, 0.2) is 0 Å². The van der Waals surface area contributed by atoms with Gasteiger partial charge in [-0.15, -0.1) is 23.2 Å². The molecule has 0 aromatic rings. The fourth-order valence-electron chi connectivity index (χ4n) is 0.292. The Bertz CT molecular complexity index is 56.4. The van der Waals surface area contributed by atoms with Crippen LogP contribution in [0.1, 0.15) is 6.92 Å². The number of ether oxygens (including phenoxy) is 1. The van der Waals surface area contributed by atoms with Crippen LogP contribution in [0, 0.1) is 0 Å². The molecular formula is C5H10Cl2O. The molecule has 0 radical (unpaired) electrons. The first-order valence-electron chi connectivity index (χ1n) is 2.45. The van der Waals surface area contributed by atoms with Crippen molar-refractivity contribution in [1.29, 1.82) is 0 Å². The molecule has 0 aliphatic heterocycles. The standard InChI is InChI=1S/C5H10Cl2O/c1-4(6)5(7)3-8-2/h4-5H,3H2,1-2H3. The Labute approximate surface area is 59.9 Å². The van der Waals surface area contributed by atoms with Crippen LogP contribution >= 0.6 is 23.2 Å². The summed E-state index contributed by atoms with van der Waals surface area (Å²) < 4.78 is 4.75. The zero-order valence-electron chi connectivity index (χ0n) is 5.03. The molecule has 0 aliphatic carbocycles. The molecule has 0 aliphatic rings. The van der Waals surface area contributed by atoms with E-state index in [1.165, 1.54) is 0 Å². The fraction of sp³-hybridized carbons (Fsp3) is 1.00. The van der Waals surface area contributed by atoms with E-state index in [9.17, 15) is 0 Å². The van der Waals surface area contributed by atoms with E-state index in [-0.39, 0.29) is 10.8 Å². The SMILES string of the molecule is COCC(Cl)C(C)Cl. The maximum absolute atomic E-state index is 5.66. The van der Waals surface area contributed by atoms with Gasteiger partial charge in [0.25, 0.3) is 0 Å². The predicted octanol–water partition coefficient (Wildman–Crippen LogP) is 1.87. The van der Waals surface area contributed by atoms with Crippen molar-refractivity contribution >= 4 is 23.2 Å². The molecule has 0 rings (SSSR count). The van der Waals surface area contributed by atoms with Gasteiger partial charge < -0.3 is 4.74 Å². The van der Waals surface area contributed by atoms with Gasteiger partial charge in [0, 0.05) is 12.5 Å². The minimum absolute atomic E-state index is 0.0170. The van der Waals surface area contributed by atoms with Gasteiger partial charge in [-0.2, -0.15) is 0 Å². The summed E-state index contributed by atoms with van der Waals surface area (Å²) in [4.78, 5) is 0. The molecule has 8 heavy (non-hydrogen) atoms. The maximum atomic E-state index is 5.66. The average Bonchev–Trinajstić information content (AvgIpc) is 1.67. The molecule has 0 heterocycles. The number of methoxy groups -OCH3 is 1. The van der Waals surface area contributed by atoms with Gasteiger partial charge in [0.1, 0.15) is 0 Å². The number of hydrogen-bond acceptors (Lipinski definition) is 1. The minimum Gasteiger partial charge on any atom is -0.383 e. The largest absolute Gasteiger partial charge is 0.383 e. The molecule has 1 nitrogen and oxygen atoms in total. The zero-order chi connectivity index (χ0) is 6.57. The molecular weight excluding hydrogens is 147 g/mol. The second kappa shape index (κ2) is 4.42. The highest BCUT2D eigenvalue weighted by Gasteiger charge is 2.09. The third-order valence-corrected chi connectivity index (χ3v) is 1.76. The van der Waals surface area contributed by atoms with Crippen LogP contribution in [0.4, 0.5) is 0 Å². The van der Waals surface area contributed by atoms with Gasteiger partial charge in [0.05, 0.1) is 12.0 Å². The molecule has 2 unspecified atom stereocenters. The van der Waals surface area contributed by atoms with Crippen LogP contribution in [-0.2, 0) is 4.74 Å². The van der Waals surface area contributed by atoms with Crippen molar-refractivity contribution in [3.63, 3.8) is 0 Å². The molecule has 0 aromatic carbocycles. The minimum atomic E-state index is -0.0679. The van der Waals surface area contributed by atoms with Crippen molar-refractivity contribution in [2.45, 2.75) is 17.7 Å².